The number of nitrogens with zero attached hydrogens (tertiary/aromatic N) is 1. The average molecular weight is 179 g/mol. The summed E-state index contributed by atoms with van der Waals surface area (Å²) in [6.07, 6.45) is 7.20. The summed E-state index contributed by atoms with van der Waals surface area (Å²) in [6.45, 7) is 7.95. The Balaban J connectivity index is 2.94. The minimum absolute atomic E-state index is 0.947. The standard InChI is InChI=1S/C10H13NS/c1-4-5-6-7-10-8(2)12-9(3)11-10/h4-5,7H,2,6H2,1,3H3/b5-4-,10-7+. The van der Waals surface area contributed by atoms with Crippen molar-refractivity contribution in [2.45, 2.75) is 20.3 Å². The van der Waals surface area contributed by atoms with Crippen molar-refractivity contribution >= 4 is 24.0 Å². The summed E-state index contributed by atoms with van der Waals surface area (Å²) >= 11 is 1.65. The zero-order valence-electron chi connectivity index (χ0n) is 7.50. The molecule has 0 aliphatic rings. The van der Waals surface area contributed by atoms with E-state index in [2.05, 4.69) is 23.7 Å². The summed E-state index contributed by atoms with van der Waals surface area (Å²) in [7, 11) is 0. The smallest absolute Gasteiger partial charge is 0.0907 e. The van der Waals surface area contributed by atoms with E-state index in [-0.39, 0.29) is 0 Å². The normalized spacial score (nSPS) is 13.0. The first-order valence-electron chi connectivity index (χ1n) is 3.97. The van der Waals surface area contributed by atoms with E-state index in [4.69, 9.17) is 0 Å². The molecule has 0 fully saturated rings. The molecule has 2 heteroatoms. The van der Waals surface area contributed by atoms with E-state index in [1.807, 2.05) is 19.9 Å². The van der Waals surface area contributed by atoms with Crippen LogP contribution in [-0.4, -0.2) is 4.98 Å². The van der Waals surface area contributed by atoms with Crippen LogP contribution < -0.4 is 9.88 Å². The number of hydrogen-bond acceptors (Lipinski definition) is 2. The largest absolute Gasteiger partial charge is 0.242 e. The number of thiazole rings is 1. The molecule has 1 aromatic rings. The minimum atomic E-state index is 0.947. The van der Waals surface area contributed by atoms with Gasteiger partial charge in [0.25, 0.3) is 0 Å². The second kappa shape index (κ2) is 4.21. The van der Waals surface area contributed by atoms with Crippen LogP contribution in [0.4, 0.5) is 0 Å². The van der Waals surface area contributed by atoms with E-state index in [0.29, 0.717) is 0 Å². The molecule has 1 aromatic heterocycles. The van der Waals surface area contributed by atoms with Gasteiger partial charge in [-0.1, -0.05) is 24.8 Å². The lowest BCUT2D eigenvalue weighted by Gasteiger charge is -1.77. The predicted octanol–water partition coefficient (Wildman–Crippen LogP) is 1.61. The summed E-state index contributed by atoms with van der Waals surface area (Å²) in [4.78, 5) is 4.35. The van der Waals surface area contributed by atoms with Crippen LogP contribution >= 0.6 is 11.3 Å². The molecule has 1 nitrogen and oxygen atoms in total. The summed E-state index contributed by atoms with van der Waals surface area (Å²) in [5.74, 6) is 0. The van der Waals surface area contributed by atoms with Crippen molar-refractivity contribution < 1.29 is 0 Å². The molecular formula is C10H13NS. The number of aryl methyl sites for hydroxylation is 1. The third-order valence-electron chi connectivity index (χ3n) is 1.52. The highest BCUT2D eigenvalue weighted by Crippen LogP contribution is 1.90. The molecule has 1 heterocycles. The number of aromatic nitrogens is 1. The van der Waals surface area contributed by atoms with Gasteiger partial charge in [0.1, 0.15) is 0 Å². The first-order chi connectivity index (χ1) is 5.74. The number of allylic oxidation sites excluding steroid dienone is 2. The Morgan fingerprint density at radius 2 is 2.33 bits per heavy atom. The summed E-state index contributed by atoms with van der Waals surface area (Å²) in [6, 6.07) is 0. The highest BCUT2D eigenvalue weighted by Gasteiger charge is 1.89. The zero-order chi connectivity index (χ0) is 8.97. The Morgan fingerprint density at radius 3 is 2.83 bits per heavy atom. The fraction of sp³-hybridized carbons (Fsp3) is 0.300. The van der Waals surface area contributed by atoms with Crippen LogP contribution in [-0.2, 0) is 0 Å². The molecule has 0 bridgehead atoms. The molecule has 0 N–H and O–H groups in total. The second-order valence-corrected chi connectivity index (χ2v) is 3.84. The molecule has 12 heavy (non-hydrogen) atoms. The van der Waals surface area contributed by atoms with Gasteiger partial charge in [-0.25, -0.2) is 4.98 Å². The van der Waals surface area contributed by atoms with Crippen molar-refractivity contribution in [3.8, 4) is 0 Å². The van der Waals surface area contributed by atoms with Gasteiger partial charge >= 0.3 is 0 Å². The van der Waals surface area contributed by atoms with Crippen LogP contribution in [0.3, 0.4) is 0 Å². The average Bonchev–Trinajstić information content (AvgIpc) is 2.31. The van der Waals surface area contributed by atoms with Crippen LogP contribution in [0.2, 0.25) is 0 Å². The predicted molar refractivity (Wildman–Crippen MR) is 55.5 cm³/mol. The Morgan fingerprint density at radius 1 is 1.58 bits per heavy atom. The fourth-order valence-electron chi connectivity index (χ4n) is 0.961. The summed E-state index contributed by atoms with van der Waals surface area (Å²) in [5.41, 5.74) is 0. The molecule has 0 aliphatic heterocycles. The van der Waals surface area contributed by atoms with Crippen molar-refractivity contribution in [1.82, 2.24) is 4.98 Å². The molecule has 0 aromatic carbocycles. The highest BCUT2D eigenvalue weighted by atomic mass is 32.1. The van der Waals surface area contributed by atoms with Gasteiger partial charge in [0, 0.05) is 4.53 Å². The van der Waals surface area contributed by atoms with Gasteiger partial charge in [0.05, 0.1) is 10.4 Å². The molecule has 0 atom stereocenters. The van der Waals surface area contributed by atoms with E-state index < -0.39 is 0 Å². The molecule has 1 rings (SSSR count). The minimum Gasteiger partial charge on any atom is -0.242 e. The number of hydrogen-bond donors (Lipinski definition) is 0. The Labute approximate surface area is 76.8 Å². The van der Waals surface area contributed by atoms with Crippen LogP contribution in [0.5, 0.6) is 0 Å². The van der Waals surface area contributed by atoms with Crippen LogP contribution in [0.15, 0.2) is 12.2 Å². The van der Waals surface area contributed by atoms with Gasteiger partial charge in [0.15, 0.2) is 0 Å². The third-order valence-corrected chi connectivity index (χ3v) is 2.36. The monoisotopic (exact) mass is 179 g/mol. The van der Waals surface area contributed by atoms with Gasteiger partial charge in [-0.05, 0) is 20.3 Å². The van der Waals surface area contributed by atoms with Crippen molar-refractivity contribution in [2.75, 3.05) is 0 Å². The van der Waals surface area contributed by atoms with Crippen LogP contribution in [0, 0.1) is 6.92 Å². The summed E-state index contributed by atoms with van der Waals surface area (Å²) in [5, 5.41) is 2.13. The van der Waals surface area contributed by atoms with E-state index in [9.17, 15) is 0 Å². The Hall–Kier alpha value is -0.890. The van der Waals surface area contributed by atoms with Gasteiger partial charge in [0.2, 0.25) is 0 Å². The lowest BCUT2D eigenvalue weighted by Crippen LogP contribution is -2.18. The van der Waals surface area contributed by atoms with Gasteiger partial charge in [-0.3, -0.25) is 0 Å². The second-order valence-electron chi connectivity index (χ2n) is 2.55. The zero-order valence-corrected chi connectivity index (χ0v) is 8.32. The molecule has 0 aliphatic carbocycles. The summed E-state index contributed by atoms with van der Waals surface area (Å²) < 4.78 is 1.07. The molecule has 64 valence electrons. The topological polar surface area (TPSA) is 12.9 Å². The molecule has 0 unspecified atom stereocenters. The molecule has 0 radical (unpaired) electrons. The maximum atomic E-state index is 4.35. The molecule has 0 saturated heterocycles. The van der Waals surface area contributed by atoms with E-state index >= 15 is 0 Å². The number of rotatable bonds is 2. The van der Waals surface area contributed by atoms with Crippen LogP contribution in [0.25, 0.3) is 12.7 Å². The van der Waals surface area contributed by atoms with E-state index in [1.54, 1.807) is 11.3 Å². The van der Waals surface area contributed by atoms with Gasteiger partial charge < -0.3 is 0 Å². The molecule has 0 amide bonds. The van der Waals surface area contributed by atoms with Crippen LogP contribution in [0.1, 0.15) is 18.4 Å². The lowest BCUT2D eigenvalue weighted by atomic mass is 10.3. The first kappa shape index (κ1) is 9.20. The van der Waals surface area contributed by atoms with E-state index in [0.717, 1.165) is 21.3 Å². The van der Waals surface area contributed by atoms with Gasteiger partial charge in [-0.2, -0.15) is 0 Å². The molecular weight excluding hydrogens is 166 g/mol. The lowest BCUT2D eigenvalue weighted by molar-refractivity contribution is 1.22. The quantitative estimate of drug-likeness (QED) is 0.629. The van der Waals surface area contributed by atoms with Crippen molar-refractivity contribution in [3.05, 3.63) is 27.0 Å². The van der Waals surface area contributed by atoms with Crippen molar-refractivity contribution in [1.29, 1.82) is 0 Å². The molecule has 0 spiro atoms. The maximum Gasteiger partial charge on any atom is 0.0907 e. The highest BCUT2D eigenvalue weighted by molar-refractivity contribution is 7.09. The van der Waals surface area contributed by atoms with Gasteiger partial charge in [-0.15, -0.1) is 11.3 Å². The van der Waals surface area contributed by atoms with Crippen molar-refractivity contribution in [2.24, 2.45) is 0 Å². The fourth-order valence-corrected chi connectivity index (χ4v) is 1.69. The maximum absolute atomic E-state index is 4.35. The molecule has 0 saturated carbocycles. The third kappa shape index (κ3) is 2.31. The SMILES string of the molecule is C=c1sc(C)n/c1=C/C/C=C\C. The first-order valence-corrected chi connectivity index (χ1v) is 4.79. The van der Waals surface area contributed by atoms with Crippen molar-refractivity contribution in [3.63, 3.8) is 0 Å². The van der Waals surface area contributed by atoms with E-state index in [1.165, 1.54) is 0 Å². The Kier molecular flexibility index (Phi) is 3.23. The Bertz CT molecular complexity index is 373.